The Kier molecular flexibility index (Phi) is 2.83. The third-order valence-corrected chi connectivity index (χ3v) is 2.81. The molecule has 0 fully saturated rings. The Morgan fingerprint density at radius 1 is 1.42 bits per heavy atom. The van der Waals surface area contributed by atoms with Crippen LogP contribution in [0.1, 0.15) is 0 Å². The molecule has 0 unspecified atom stereocenters. The third kappa shape index (κ3) is 2.52. The number of benzene rings is 1. The Labute approximate surface area is 110 Å². The minimum absolute atomic E-state index is 0.0879. The van der Waals surface area contributed by atoms with E-state index in [1.807, 2.05) is 34.9 Å². The summed E-state index contributed by atoms with van der Waals surface area (Å²) in [5.41, 5.74) is 0.700. The number of hydrogen-bond acceptors (Lipinski definition) is 3. The van der Waals surface area contributed by atoms with Crippen LogP contribution < -0.4 is 19.4 Å². The van der Waals surface area contributed by atoms with E-state index in [9.17, 15) is 4.79 Å². The summed E-state index contributed by atoms with van der Waals surface area (Å²) in [4.78, 5) is 11.9. The van der Waals surface area contributed by atoms with Crippen molar-refractivity contribution in [1.29, 1.82) is 0 Å². The second-order valence-corrected chi connectivity index (χ2v) is 4.37. The summed E-state index contributed by atoms with van der Waals surface area (Å²) in [6.45, 7) is 0.502. The monoisotopic (exact) mass is 260 g/mol. The minimum atomic E-state index is -0.0879. The third-order valence-electron chi connectivity index (χ3n) is 2.81. The summed E-state index contributed by atoms with van der Waals surface area (Å²) in [6, 6.07) is 5.34. The maximum atomic E-state index is 11.9. The lowest BCUT2D eigenvalue weighted by atomic mass is 10.3. The molecule has 0 saturated carbocycles. The van der Waals surface area contributed by atoms with Crippen molar-refractivity contribution in [2.75, 3.05) is 12.1 Å². The van der Waals surface area contributed by atoms with Gasteiger partial charge in [-0.1, -0.05) is 0 Å². The van der Waals surface area contributed by atoms with Gasteiger partial charge in [0.05, 0.1) is 7.05 Å². The van der Waals surface area contributed by atoms with Gasteiger partial charge in [0.25, 0.3) is 5.91 Å². The molecule has 1 aromatic heterocycles. The molecule has 1 aliphatic rings. The first kappa shape index (κ1) is 11.6. The predicted molar refractivity (Wildman–Crippen MR) is 66.8 cm³/mol. The van der Waals surface area contributed by atoms with Crippen LogP contribution in [0, 0.1) is 0 Å². The fourth-order valence-corrected chi connectivity index (χ4v) is 1.94. The Morgan fingerprint density at radius 3 is 3.05 bits per heavy atom. The van der Waals surface area contributed by atoms with Gasteiger partial charge in [-0.25, -0.2) is 9.13 Å². The Balaban J connectivity index is 1.66. The summed E-state index contributed by atoms with van der Waals surface area (Å²) in [5, 5.41) is 2.82. The van der Waals surface area contributed by atoms with E-state index in [1.54, 1.807) is 18.2 Å². The zero-order valence-corrected chi connectivity index (χ0v) is 10.5. The van der Waals surface area contributed by atoms with Crippen molar-refractivity contribution in [1.82, 2.24) is 4.57 Å². The molecule has 3 rings (SSSR count). The average molecular weight is 260 g/mol. The van der Waals surface area contributed by atoms with Gasteiger partial charge in [0.2, 0.25) is 13.1 Å². The Hall–Kier alpha value is -2.50. The average Bonchev–Trinajstić information content (AvgIpc) is 2.97. The number of nitrogens with one attached hydrogen (secondary N) is 1. The first-order chi connectivity index (χ1) is 9.20. The zero-order chi connectivity index (χ0) is 13.2. The van der Waals surface area contributed by atoms with Crippen LogP contribution in [0.2, 0.25) is 0 Å². The highest BCUT2D eigenvalue weighted by molar-refractivity contribution is 5.90. The molecule has 0 radical (unpaired) electrons. The number of carbonyl (C=O) groups excluding carboxylic acids is 1. The van der Waals surface area contributed by atoms with Crippen molar-refractivity contribution in [3.63, 3.8) is 0 Å². The molecule has 1 aromatic carbocycles. The summed E-state index contributed by atoms with van der Waals surface area (Å²) in [5.74, 6) is 1.27. The first-order valence-corrected chi connectivity index (χ1v) is 5.91. The number of imidazole rings is 1. The number of carbonyl (C=O) groups is 1. The van der Waals surface area contributed by atoms with Crippen LogP contribution in [-0.4, -0.2) is 17.3 Å². The highest BCUT2D eigenvalue weighted by Crippen LogP contribution is 2.34. The second-order valence-electron chi connectivity index (χ2n) is 4.37. The smallest absolute Gasteiger partial charge is 0.266 e. The number of anilines is 1. The number of hydrogen-bond donors (Lipinski definition) is 1. The summed E-state index contributed by atoms with van der Waals surface area (Å²) < 4.78 is 14.2. The summed E-state index contributed by atoms with van der Waals surface area (Å²) >= 11 is 0. The van der Waals surface area contributed by atoms with Crippen molar-refractivity contribution in [3.8, 4) is 11.5 Å². The van der Waals surface area contributed by atoms with E-state index in [0.29, 0.717) is 17.2 Å². The number of fused-ring (bicyclic) bond motifs is 1. The number of aromatic nitrogens is 2. The molecule has 0 spiro atoms. The molecule has 2 heterocycles. The molecule has 0 saturated heterocycles. The van der Waals surface area contributed by atoms with Gasteiger partial charge < -0.3 is 14.8 Å². The van der Waals surface area contributed by atoms with Gasteiger partial charge in [0.1, 0.15) is 12.4 Å². The Bertz CT molecular complexity index is 621. The molecular formula is C13H14N3O3+. The van der Waals surface area contributed by atoms with Gasteiger partial charge in [-0.15, -0.1) is 0 Å². The van der Waals surface area contributed by atoms with Crippen molar-refractivity contribution in [2.24, 2.45) is 7.05 Å². The number of amides is 1. The van der Waals surface area contributed by atoms with Crippen LogP contribution >= 0.6 is 0 Å². The second kappa shape index (κ2) is 4.64. The quantitative estimate of drug-likeness (QED) is 0.826. The molecule has 6 heteroatoms. The number of rotatable bonds is 3. The molecule has 0 aliphatic carbocycles. The fourth-order valence-electron chi connectivity index (χ4n) is 1.94. The number of ether oxygens (including phenoxy) is 2. The van der Waals surface area contributed by atoms with Crippen molar-refractivity contribution < 1.29 is 18.8 Å². The van der Waals surface area contributed by atoms with Crippen LogP contribution in [0.3, 0.4) is 0 Å². The van der Waals surface area contributed by atoms with Crippen LogP contribution in [-0.2, 0) is 18.4 Å². The Morgan fingerprint density at radius 2 is 2.26 bits per heavy atom. The van der Waals surface area contributed by atoms with E-state index in [4.69, 9.17) is 9.47 Å². The molecular weight excluding hydrogens is 246 g/mol. The summed E-state index contributed by atoms with van der Waals surface area (Å²) in [6.07, 6.45) is 5.58. The largest absolute Gasteiger partial charge is 0.454 e. The van der Waals surface area contributed by atoms with Crippen LogP contribution in [0.25, 0.3) is 0 Å². The zero-order valence-electron chi connectivity index (χ0n) is 10.5. The molecule has 0 bridgehead atoms. The first-order valence-electron chi connectivity index (χ1n) is 5.91. The molecule has 2 aromatic rings. The van der Waals surface area contributed by atoms with Crippen molar-refractivity contribution in [3.05, 3.63) is 36.9 Å². The number of nitrogens with zero attached hydrogens (tertiary/aromatic N) is 2. The standard InChI is InChI=1S/C13H13N3O3/c1-15-4-5-16(8-15)7-13(17)14-10-2-3-11-12(6-10)19-9-18-11/h2-6,8H,7,9H2,1H3/p+1. The van der Waals surface area contributed by atoms with Gasteiger partial charge in [-0.2, -0.15) is 0 Å². The molecule has 0 atom stereocenters. The molecule has 1 amide bonds. The predicted octanol–water partition coefficient (Wildman–Crippen LogP) is 0.680. The van der Waals surface area contributed by atoms with E-state index in [0.717, 1.165) is 0 Å². The van der Waals surface area contributed by atoms with Crippen molar-refractivity contribution in [2.45, 2.75) is 6.54 Å². The van der Waals surface area contributed by atoms with Crippen LogP contribution in [0.4, 0.5) is 5.69 Å². The molecule has 19 heavy (non-hydrogen) atoms. The van der Waals surface area contributed by atoms with E-state index in [1.165, 1.54) is 0 Å². The summed E-state index contributed by atoms with van der Waals surface area (Å²) in [7, 11) is 1.91. The highest BCUT2D eigenvalue weighted by atomic mass is 16.7. The normalized spacial score (nSPS) is 12.5. The van der Waals surface area contributed by atoms with E-state index in [2.05, 4.69) is 5.32 Å². The molecule has 98 valence electrons. The van der Waals surface area contributed by atoms with Crippen LogP contribution in [0.15, 0.2) is 36.9 Å². The van der Waals surface area contributed by atoms with Crippen molar-refractivity contribution >= 4 is 11.6 Å². The maximum absolute atomic E-state index is 11.9. The topological polar surface area (TPSA) is 56.4 Å². The fraction of sp³-hybridized carbons (Fsp3) is 0.231. The lowest BCUT2D eigenvalue weighted by Gasteiger charge is -2.04. The van der Waals surface area contributed by atoms with Gasteiger partial charge in [-0.05, 0) is 12.1 Å². The SMILES string of the molecule is C[n+]1ccn(CC(=O)Nc2ccc3c(c2)OCO3)c1. The minimum Gasteiger partial charge on any atom is -0.454 e. The molecule has 6 nitrogen and oxygen atoms in total. The van der Waals surface area contributed by atoms with Gasteiger partial charge in [-0.3, -0.25) is 4.79 Å². The van der Waals surface area contributed by atoms with Gasteiger partial charge >= 0.3 is 0 Å². The molecule has 1 aliphatic heterocycles. The lowest BCUT2D eigenvalue weighted by Crippen LogP contribution is -2.25. The van der Waals surface area contributed by atoms with E-state index >= 15 is 0 Å². The van der Waals surface area contributed by atoms with E-state index < -0.39 is 0 Å². The molecule has 1 N–H and O–H groups in total. The van der Waals surface area contributed by atoms with Crippen LogP contribution in [0.5, 0.6) is 11.5 Å². The lowest BCUT2D eigenvalue weighted by molar-refractivity contribution is -0.671. The van der Waals surface area contributed by atoms with E-state index in [-0.39, 0.29) is 19.2 Å². The number of aryl methyl sites for hydroxylation is 1. The highest BCUT2D eigenvalue weighted by Gasteiger charge is 2.14. The maximum Gasteiger partial charge on any atom is 0.266 e. The van der Waals surface area contributed by atoms with Gasteiger partial charge in [0, 0.05) is 11.8 Å². The van der Waals surface area contributed by atoms with Gasteiger partial charge in [0.15, 0.2) is 18.0 Å².